The molecule has 1 atom stereocenters. The molecule has 4 heteroatoms. The van der Waals surface area contributed by atoms with Gasteiger partial charge in [-0.1, -0.05) is 35.4 Å². The summed E-state index contributed by atoms with van der Waals surface area (Å²) in [6.07, 6.45) is 0.378. The Morgan fingerprint density at radius 1 is 1.43 bits per heavy atom. The first-order valence-corrected chi connectivity index (χ1v) is 4.31. The smallest absolute Gasteiger partial charge is 0.0628 e. The number of hydrogen-bond acceptors (Lipinski definition) is 2. The molecule has 0 fully saturated rings. The summed E-state index contributed by atoms with van der Waals surface area (Å²) >= 11 is 0. The second-order valence-electron chi connectivity index (χ2n) is 2.88. The molecule has 0 saturated carbocycles. The Kier molecular flexibility index (Phi) is 4.06. The molecular weight excluding hydrogens is 176 g/mol. The summed E-state index contributed by atoms with van der Waals surface area (Å²) < 4.78 is 0. The maximum atomic E-state index is 8.61. The third-order valence-electron chi connectivity index (χ3n) is 1.97. The van der Waals surface area contributed by atoms with Gasteiger partial charge in [-0.25, -0.2) is 0 Å². The lowest BCUT2D eigenvalue weighted by molar-refractivity contribution is 0.713. The number of azide groups is 1. The quantitative estimate of drug-likeness (QED) is 0.404. The van der Waals surface area contributed by atoms with Gasteiger partial charge in [-0.15, -0.1) is 0 Å². The highest BCUT2D eigenvalue weighted by molar-refractivity contribution is 5.20. The molecule has 1 rings (SSSR count). The Bertz CT molecular complexity index is 359. The van der Waals surface area contributed by atoms with E-state index in [1.54, 1.807) is 0 Å². The summed E-state index contributed by atoms with van der Waals surface area (Å²) in [4.78, 5) is 2.70. The van der Waals surface area contributed by atoms with E-state index in [2.05, 4.69) is 16.1 Å². The number of benzene rings is 1. The Hall–Kier alpha value is -1.98. The van der Waals surface area contributed by atoms with Crippen molar-refractivity contribution in [1.29, 1.82) is 5.26 Å². The van der Waals surface area contributed by atoms with Crippen LogP contribution in [0.2, 0.25) is 0 Å². The van der Waals surface area contributed by atoms with Gasteiger partial charge in [0.1, 0.15) is 0 Å². The van der Waals surface area contributed by atoms with Crippen LogP contribution in [0.4, 0.5) is 0 Å². The Labute approximate surface area is 82.4 Å². The summed E-state index contributed by atoms with van der Waals surface area (Å²) in [5.74, 6) is 0.0112. The van der Waals surface area contributed by atoms with Crippen molar-refractivity contribution in [1.82, 2.24) is 0 Å². The van der Waals surface area contributed by atoms with E-state index in [1.165, 1.54) is 0 Å². The fraction of sp³-hybridized carbons (Fsp3) is 0.300. The van der Waals surface area contributed by atoms with E-state index in [-0.39, 0.29) is 5.92 Å². The summed E-state index contributed by atoms with van der Waals surface area (Å²) in [7, 11) is 0. The molecule has 1 aromatic rings. The van der Waals surface area contributed by atoms with Crippen LogP contribution in [0.1, 0.15) is 17.9 Å². The predicted molar refractivity (Wildman–Crippen MR) is 53.4 cm³/mol. The highest BCUT2D eigenvalue weighted by Crippen LogP contribution is 2.19. The molecule has 0 N–H and O–H groups in total. The molecule has 0 saturated heterocycles. The lowest BCUT2D eigenvalue weighted by Crippen LogP contribution is -2.01. The topological polar surface area (TPSA) is 72.5 Å². The molecule has 0 amide bonds. The number of hydrogen-bond donors (Lipinski definition) is 0. The summed E-state index contributed by atoms with van der Waals surface area (Å²) in [5, 5.41) is 12.1. The lowest BCUT2D eigenvalue weighted by Gasteiger charge is -2.09. The number of rotatable bonds is 4. The molecule has 0 spiro atoms. The first kappa shape index (κ1) is 10.1. The van der Waals surface area contributed by atoms with Crippen molar-refractivity contribution >= 4 is 0 Å². The van der Waals surface area contributed by atoms with Gasteiger partial charge < -0.3 is 0 Å². The zero-order valence-electron chi connectivity index (χ0n) is 7.67. The van der Waals surface area contributed by atoms with E-state index in [0.717, 1.165) is 5.56 Å². The van der Waals surface area contributed by atoms with E-state index in [0.29, 0.717) is 13.0 Å². The van der Waals surface area contributed by atoms with Gasteiger partial charge in [0, 0.05) is 23.8 Å². The summed E-state index contributed by atoms with van der Waals surface area (Å²) in [6.45, 7) is 0.341. The largest absolute Gasteiger partial charge is 0.198 e. The van der Waals surface area contributed by atoms with Crippen molar-refractivity contribution < 1.29 is 0 Å². The van der Waals surface area contributed by atoms with E-state index < -0.39 is 0 Å². The molecule has 0 radical (unpaired) electrons. The Balaban J connectivity index is 2.78. The minimum Gasteiger partial charge on any atom is -0.198 e. The zero-order chi connectivity index (χ0) is 10.2. The molecule has 4 nitrogen and oxygen atoms in total. The molecule has 1 aromatic carbocycles. The highest BCUT2D eigenvalue weighted by Gasteiger charge is 2.08. The molecule has 0 heterocycles. The van der Waals surface area contributed by atoms with Crippen LogP contribution in [0.3, 0.4) is 0 Å². The highest BCUT2D eigenvalue weighted by atomic mass is 15.1. The van der Waals surface area contributed by atoms with Gasteiger partial charge in [-0.2, -0.15) is 5.26 Å². The van der Waals surface area contributed by atoms with Crippen molar-refractivity contribution in [3.8, 4) is 6.07 Å². The summed E-state index contributed by atoms with van der Waals surface area (Å²) in [5.41, 5.74) is 9.25. The molecule has 14 heavy (non-hydrogen) atoms. The first-order valence-electron chi connectivity index (χ1n) is 4.31. The SMILES string of the molecule is N#CCC(CN=[N+]=[N-])c1ccccc1. The van der Waals surface area contributed by atoms with Crippen LogP contribution in [-0.4, -0.2) is 6.54 Å². The molecule has 0 aliphatic rings. The zero-order valence-corrected chi connectivity index (χ0v) is 7.67. The van der Waals surface area contributed by atoms with E-state index in [9.17, 15) is 0 Å². The molecule has 1 unspecified atom stereocenters. The van der Waals surface area contributed by atoms with Gasteiger partial charge in [-0.3, -0.25) is 0 Å². The van der Waals surface area contributed by atoms with Gasteiger partial charge in [-0.05, 0) is 11.1 Å². The van der Waals surface area contributed by atoms with E-state index >= 15 is 0 Å². The molecular formula is C10H10N4. The third kappa shape index (κ3) is 2.81. The molecule has 70 valence electrons. The fourth-order valence-electron chi connectivity index (χ4n) is 1.26. The maximum Gasteiger partial charge on any atom is 0.0628 e. The Morgan fingerprint density at radius 2 is 2.14 bits per heavy atom. The van der Waals surface area contributed by atoms with Gasteiger partial charge in [0.15, 0.2) is 0 Å². The van der Waals surface area contributed by atoms with Crippen LogP contribution in [0.25, 0.3) is 10.4 Å². The molecule has 0 aromatic heterocycles. The van der Waals surface area contributed by atoms with Crippen molar-refractivity contribution in [2.45, 2.75) is 12.3 Å². The van der Waals surface area contributed by atoms with Crippen LogP contribution < -0.4 is 0 Å². The van der Waals surface area contributed by atoms with Crippen molar-refractivity contribution in [3.63, 3.8) is 0 Å². The van der Waals surface area contributed by atoms with Crippen LogP contribution in [-0.2, 0) is 0 Å². The standard InChI is InChI=1S/C10H10N4/c11-7-6-10(8-13-14-12)9-4-2-1-3-5-9/h1-5,10H,6,8H2. The van der Waals surface area contributed by atoms with Crippen LogP contribution in [0.15, 0.2) is 35.4 Å². The average molecular weight is 186 g/mol. The lowest BCUT2D eigenvalue weighted by atomic mass is 9.97. The normalized spacial score (nSPS) is 11.1. The van der Waals surface area contributed by atoms with Gasteiger partial charge in [0.25, 0.3) is 0 Å². The first-order chi connectivity index (χ1) is 6.88. The minimum absolute atomic E-state index is 0.0112. The van der Waals surface area contributed by atoms with E-state index in [1.807, 2.05) is 30.3 Å². The maximum absolute atomic E-state index is 8.61. The second kappa shape index (κ2) is 5.63. The monoisotopic (exact) mass is 186 g/mol. The van der Waals surface area contributed by atoms with Crippen molar-refractivity contribution in [3.05, 3.63) is 46.3 Å². The predicted octanol–water partition coefficient (Wildman–Crippen LogP) is 2.99. The fourth-order valence-corrected chi connectivity index (χ4v) is 1.26. The Morgan fingerprint density at radius 3 is 2.71 bits per heavy atom. The third-order valence-corrected chi connectivity index (χ3v) is 1.97. The average Bonchev–Trinajstić information content (AvgIpc) is 2.25. The van der Waals surface area contributed by atoms with Gasteiger partial charge in [0.2, 0.25) is 0 Å². The molecule has 0 aliphatic heterocycles. The van der Waals surface area contributed by atoms with Crippen LogP contribution in [0, 0.1) is 11.3 Å². The van der Waals surface area contributed by atoms with Crippen molar-refractivity contribution in [2.75, 3.05) is 6.54 Å². The minimum atomic E-state index is 0.0112. The number of nitrogens with zero attached hydrogens (tertiary/aromatic N) is 4. The van der Waals surface area contributed by atoms with Crippen molar-refractivity contribution in [2.24, 2.45) is 5.11 Å². The molecule has 0 aliphatic carbocycles. The second-order valence-corrected chi connectivity index (χ2v) is 2.88. The number of nitriles is 1. The van der Waals surface area contributed by atoms with Gasteiger partial charge >= 0.3 is 0 Å². The molecule has 0 bridgehead atoms. The van der Waals surface area contributed by atoms with Crippen LogP contribution >= 0.6 is 0 Å². The van der Waals surface area contributed by atoms with Crippen LogP contribution in [0.5, 0.6) is 0 Å². The van der Waals surface area contributed by atoms with Gasteiger partial charge in [0.05, 0.1) is 6.07 Å². The summed E-state index contributed by atoms with van der Waals surface area (Å²) in [6, 6.07) is 11.7. The van der Waals surface area contributed by atoms with E-state index in [4.69, 9.17) is 10.8 Å².